The molecule has 3 heteroatoms. The number of fused-ring (bicyclic) bond motifs is 1. The molecular formula is C13H15NOS. The molecule has 2 unspecified atom stereocenters. The predicted octanol–water partition coefficient (Wildman–Crippen LogP) is 3.55. The van der Waals surface area contributed by atoms with E-state index in [-0.39, 0.29) is 0 Å². The lowest BCUT2D eigenvalue weighted by Gasteiger charge is -2.26. The summed E-state index contributed by atoms with van der Waals surface area (Å²) in [4.78, 5) is 0. The Morgan fingerprint density at radius 3 is 3.06 bits per heavy atom. The summed E-state index contributed by atoms with van der Waals surface area (Å²) in [5, 5.41) is 5.07. The second kappa shape index (κ2) is 4.15. The van der Waals surface area contributed by atoms with Gasteiger partial charge < -0.3 is 4.42 Å². The highest BCUT2D eigenvalue weighted by Gasteiger charge is 2.22. The van der Waals surface area contributed by atoms with Crippen molar-refractivity contribution in [3.05, 3.63) is 36.1 Å². The lowest BCUT2D eigenvalue weighted by atomic mass is 10.2. The van der Waals surface area contributed by atoms with E-state index in [0.29, 0.717) is 11.4 Å². The first-order chi connectivity index (χ1) is 7.83. The van der Waals surface area contributed by atoms with Gasteiger partial charge in [0, 0.05) is 11.4 Å². The van der Waals surface area contributed by atoms with Crippen LogP contribution in [0, 0.1) is 0 Å². The van der Waals surface area contributed by atoms with Crippen LogP contribution in [-0.2, 0) is 0 Å². The first-order valence-corrected chi connectivity index (χ1v) is 6.74. The van der Waals surface area contributed by atoms with Crippen molar-refractivity contribution in [2.75, 3.05) is 5.75 Å². The van der Waals surface area contributed by atoms with Crippen molar-refractivity contribution in [2.24, 2.45) is 0 Å². The van der Waals surface area contributed by atoms with Crippen LogP contribution in [0.3, 0.4) is 0 Å². The summed E-state index contributed by atoms with van der Waals surface area (Å²) in [6, 6.07) is 10.9. The Hall–Kier alpha value is -0.930. The lowest BCUT2D eigenvalue weighted by molar-refractivity contribution is 0.450. The molecule has 1 aliphatic rings. The monoisotopic (exact) mass is 233 g/mol. The summed E-state index contributed by atoms with van der Waals surface area (Å²) < 4.78 is 5.87. The van der Waals surface area contributed by atoms with Crippen LogP contribution in [0.5, 0.6) is 0 Å². The Morgan fingerprint density at radius 2 is 2.25 bits per heavy atom. The molecule has 2 nitrogen and oxygen atoms in total. The van der Waals surface area contributed by atoms with Crippen molar-refractivity contribution in [2.45, 2.75) is 24.8 Å². The van der Waals surface area contributed by atoms with Crippen LogP contribution in [0.25, 0.3) is 11.0 Å². The lowest BCUT2D eigenvalue weighted by Crippen LogP contribution is -2.33. The average Bonchev–Trinajstić information content (AvgIpc) is 2.72. The van der Waals surface area contributed by atoms with Gasteiger partial charge in [-0.15, -0.1) is 11.8 Å². The number of hydrogen-bond acceptors (Lipinski definition) is 3. The second-order valence-electron chi connectivity index (χ2n) is 4.29. The topological polar surface area (TPSA) is 25.2 Å². The molecule has 0 radical (unpaired) electrons. The van der Waals surface area contributed by atoms with E-state index in [9.17, 15) is 0 Å². The fourth-order valence-corrected chi connectivity index (χ4v) is 3.38. The van der Waals surface area contributed by atoms with E-state index in [4.69, 9.17) is 4.42 Å². The summed E-state index contributed by atoms with van der Waals surface area (Å²) in [7, 11) is 0. The number of rotatable bonds is 1. The van der Waals surface area contributed by atoms with E-state index in [0.717, 1.165) is 11.3 Å². The molecule has 0 amide bonds. The smallest absolute Gasteiger partial charge is 0.134 e. The molecule has 1 fully saturated rings. The van der Waals surface area contributed by atoms with Crippen LogP contribution in [0.2, 0.25) is 0 Å². The van der Waals surface area contributed by atoms with Crippen molar-refractivity contribution in [3.8, 4) is 0 Å². The Morgan fingerprint density at radius 1 is 1.38 bits per heavy atom. The van der Waals surface area contributed by atoms with Crippen LogP contribution in [0.4, 0.5) is 0 Å². The molecule has 1 aromatic carbocycles. The molecule has 16 heavy (non-hydrogen) atoms. The van der Waals surface area contributed by atoms with Gasteiger partial charge in [0.1, 0.15) is 16.7 Å². The van der Waals surface area contributed by atoms with Gasteiger partial charge in [0.25, 0.3) is 0 Å². The van der Waals surface area contributed by atoms with Gasteiger partial charge in [0.15, 0.2) is 0 Å². The zero-order valence-electron chi connectivity index (χ0n) is 9.27. The number of para-hydroxylation sites is 1. The normalized spacial score (nSPS) is 26.1. The molecule has 1 saturated heterocycles. The van der Waals surface area contributed by atoms with Crippen LogP contribution in [0.1, 0.15) is 24.5 Å². The number of thioether (sulfide) groups is 1. The standard InChI is InChI=1S/C13H15NOS/c1-9-6-7-16-13(14-9)12-8-10-4-2-3-5-11(10)15-12/h2-5,8-9,13-14H,6-7H2,1H3. The Bertz CT molecular complexity index is 460. The molecule has 0 aliphatic carbocycles. The van der Waals surface area contributed by atoms with Gasteiger partial charge in [0.05, 0.1) is 0 Å². The Kier molecular flexibility index (Phi) is 2.65. The van der Waals surface area contributed by atoms with Crippen LogP contribution >= 0.6 is 11.8 Å². The zero-order chi connectivity index (χ0) is 11.0. The van der Waals surface area contributed by atoms with E-state index >= 15 is 0 Å². The summed E-state index contributed by atoms with van der Waals surface area (Å²) in [5.41, 5.74) is 0.984. The summed E-state index contributed by atoms with van der Waals surface area (Å²) in [6.07, 6.45) is 1.24. The molecule has 1 aliphatic heterocycles. The summed E-state index contributed by atoms with van der Waals surface area (Å²) in [5.74, 6) is 2.26. The van der Waals surface area contributed by atoms with Crippen molar-refractivity contribution in [1.29, 1.82) is 0 Å². The molecule has 2 atom stereocenters. The third-order valence-electron chi connectivity index (χ3n) is 2.97. The van der Waals surface area contributed by atoms with Gasteiger partial charge in [-0.05, 0) is 31.2 Å². The van der Waals surface area contributed by atoms with Gasteiger partial charge in [-0.1, -0.05) is 18.2 Å². The summed E-state index contributed by atoms with van der Waals surface area (Å²) >= 11 is 1.93. The third kappa shape index (κ3) is 1.85. The number of benzene rings is 1. The minimum absolute atomic E-state index is 0.316. The van der Waals surface area contributed by atoms with Gasteiger partial charge >= 0.3 is 0 Å². The van der Waals surface area contributed by atoms with Gasteiger partial charge in [-0.2, -0.15) is 0 Å². The quantitative estimate of drug-likeness (QED) is 0.815. The average molecular weight is 233 g/mol. The minimum atomic E-state index is 0.316. The van der Waals surface area contributed by atoms with Crippen molar-refractivity contribution in [3.63, 3.8) is 0 Å². The van der Waals surface area contributed by atoms with E-state index in [1.165, 1.54) is 17.6 Å². The maximum absolute atomic E-state index is 5.87. The van der Waals surface area contributed by atoms with Crippen LogP contribution in [-0.4, -0.2) is 11.8 Å². The fraction of sp³-hybridized carbons (Fsp3) is 0.385. The van der Waals surface area contributed by atoms with Crippen LogP contribution < -0.4 is 5.32 Å². The van der Waals surface area contributed by atoms with Gasteiger partial charge in [-0.25, -0.2) is 0 Å². The zero-order valence-corrected chi connectivity index (χ0v) is 10.1. The second-order valence-corrected chi connectivity index (χ2v) is 5.51. The molecular weight excluding hydrogens is 218 g/mol. The largest absolute Gasteiger partial charge is 0.458 e. The SMILES string of the molecule is CC1CCSC(c2cc3ccccc3o2)N1. The molecule has 1 aromatic heterocycles. The molecule has 2 aromatic rings. The van der Waals surface area contributed by atoms with Crippen molar-refractivity contribution >= 4 is 22.7 Å². The molecule has 2 heterocycles. The van der Waals surface area contributed by atoms with Gasteiger partial charge in [0.2, 0.25) is 0 Å². The molecule has 1 N–H and O–H groups in total. The van der Waals surface area contributed by atoms with Gasteiger partial charge in [-0.3, -0.25) is 5.32 Å². The number of furan rings is 1. The van der Waals surface area contributed by atoms with E-state index in [2.05, 4.69) is 24.4 Å². The number of nitrogens with one attached hydrogen (secondary N) is 1. The molecule has 3 rings (SSSR count). The van der Waals surface area contributed by atoms with E-state index in [1.54, 1.807) is 0 Å². The maximum Gasteiger partial charge on any atom is 0.134 e. The molecule has 0 bridgehead atoms. The highest BCUT2D eigenvalue weighted by molar-refractivity contribution is 7.99. The first-order valence-electron chi connectivity index (χ1n) is 5.69. The molecule has 0 spiro atoms. The highest BCUT2D eigenvalue weighted by atomic mass is 32.2. The minimum Gasteiger partial charge on any atom is -0.458 e. The highest BCUT2D eigenvalue weighted by Crippen LogP contribution is 2.34. The Labute approximate surface area is 99.4 Å². The fourth-order valence-electron chi connectivity index (χ4n) is 2.05. The third-order valence-corrected chi connectivity index (χ3v) is 4.15. The molecule has 84 valence electrons. The predicted molar refractivity (Wildman–Crippen MR) is 68.6 cm³/mol. The van der Waals surface area contributed by atoms with Crippen LogP contribution in [0.15, 0.2) is 34.7 Å². The van der Waals surface area contributed by atoms with E-state index in [1.807, 2.05) is 30.0 Å². The van der Waals surface area contributed by atoms with E-state index < -0.39 is 0 Å². The Balaban J connectivity index is 1.93. The summed E-state index contributed by atoms with van der Waals surface area (Å²) in [6.45, 7) is 2.23. The van der Waals surface area contributed by atoms with Crippen molar-refractivity contribution < 1.29 is 4.42 Å². The number of hydrogen-bond donors (Lipinski definition) is 1. The van der Waals surface area contributed by atoms with Crippen molar-refractivity contribution in [1.82, 2.24) is 5.32 Å². The first kappa shape index (κ1) is 10.2. The molecule has 0 saturated carbocycles. The maximum atomic E-state index is 5.87.